The monoisotopic (exact) mass is 247 g/mol. The maximum absolute atomic E-state index is 5.51. The lowest BCUT2D eigenvalue weighted by Gasteiger charge is -2.14. The number of aryl methyl sites for hydroxylation is 1. The Kier molecular flexibility index (Phi) is 4.38. The molecule has 96 valence electrons. The summed E-state index contributed by atoms with van der Waals surface area (Å²) in [5.41, 5.74) is 6.53. The Hall–Kier alpha value is -1.79. The van der Waals surface area contributed by atoms with Crippen LogP contribution in [0.4, 0.5) is 0 Å². The van der Waals surface area contributed by atoms with E-state index in [1.807, 2.05) is 30.3 Å². The summed E-state index contributed by atoms with van der Waals surface area (Å²) in [7, 11) is 1.65. The topological polar surface area (TPSA) is 78.9 Å². The van der Waals surface area contributed by atoms with Crippen molar-refractivity contribution in [1.29, 1.82) is 0 Å². The van der Waals surface area contributed by atoms with Crippen molar-refractivity contribution in [2.45, 2.75) is 19.1 Å². The van der Waals surface area contributed by atoms with Gasteiger partial charge in [-0.3, -0.25) is 0 Å². The summed E-state index contributed by atoms with van der Waals surface area (Å²) in [6.45, 7) is 1.31. The van der Waals surface area contributed by atoms with Crippen molar-refractivity contribution in [1.82, 2.24) is 20.2 Å². The fourth-order valence-corrected chi connectivity index (χ4v) is 1.82. The molecule has 18 heavy (non-hydrogen) atoms. The van der Waals surface area contributed by atoms with E-state index in [2.05, 4.69) is 15.5 Å². The van der Waals surface area contributed by atoms with Crippen LogP contribution >= 0.6 is 0 Å². The lowest BCUT2D eigenvalue weighted by Crippen LogP contribution is -2.15. The number of rotatable bonds is 6. The summed E-state index contributed by atoms with van der Waals surface area (Å²) in [4.78, 5) is 0. The number of tetrazole rings is 1. The van der Waals surface area contributed by atoms with Gasteiger partial charge in [0.2, 0.25) is 0 Å². The van der Waals surface area contributed by atoms with Crippen molar-refractivity contribution >= 4 is 0 Å². The summed E-state index contributed by atoms with van der Waals surface area (Å²) in [6.07, 6.45) is 0.586. The summed E-state index contributed by atoms with van der Waals surface area (Å²) in [5.74, 6) is 0.706. The molecule has 0 saturated heterocycles. The third-order valence-electron chi connectivity index (χ3n) is 2.71. The number of methoxy groups -OCH3 is 1. The average molecular weight is 247 g/mol. The summed E-state index contributed by atoms with van der Waals surface area (Å²) in [5, 5.41) is 11.7. The van der Waals surface area contributed by atoms with Crippen molar-refractivity contribution < 1.29 is 4.74 Å². The first-order valence-corrected chi connectivity index (χ1v) is 5.90. The van der Waals surface area contributed by atoms with Gasteiger partial charge in [0.1, 0.15) is 6.10 Å². The van der Waals surface area contributed by atoms with Crippen molar-refractivity contribution in [3.63, 3.8) is 0 Å². The largest absolute Gasteiger partial charge is 0.369 e. The van der Waals surface area contributed by atoms with E-state index in [1.54, 1.807) is 11.8 Å². The van der Waals surface area contributed by atoms with Crippen LogP contribution in [-0.2, 0) is 11.3 Å². The molecule has 0 bridgehead atoms. The molecule has 0 fully saturated rings. The summed E-state index contributed by atoms with van der Waals surface area (Å²) >= 11 is 0. The fraction of sp³-hybridized carbons (Fsp3) is 0.417. The predicted octanol–water partition coefficient (Wildman–Crippen LogP) is 0.758. The Morgan fingerprint density at radius 1 is 1.33 bits per heavy atom. The number of nitrogens with zero attached hydrogens (tertiary/aromatic N) is 4. The lowest BCUT2D eigenvalue weighted by atomic mass is 10.1. The standard InChI is InChI=1S/C12H17N5O/c1-18-11(10-6-3-2-4-7-10)12-14-15-16-17(12)9-5-8-13/h2-4,6-7,11H,5,8-9,13H2,1H3. The van der Waals surface area contributed by atoms with Crippen LogP contribution in [0.2, 0.25) is 0 Å². The Bertz CT molecular complexity index is 470. The minimum absolute atomic E-state index is 0.251. The van der Waals surface area contributed by atoms with E-state index in [0.29, 0.717) is 18.9 Å². The highest BCUT2D eigenvalue weighted by Crippen LogP contribution is 2.22. The number of hydrogen-bond donors (Lipinski definition) is 1. The Balaban J connectivity index is 2.25. The molecular formula is C12H17N5O. The zero-order chi connectivity index (χ0) is 12.8. The van der Waals surface area contributed by atoms with Crippen LogP contribution in [0.5, 0.6) is 0 Å². The molecule has 1 unspecified atom stereocenters. The highest BCUT2D eigenvalue weighted by molar-refractivity contribution is 5.22. The maximum Gasteiger partial charge on any atom is 0.184 e. The molecule has 6 nitrogen and oxygen atoms in total. The first-order chi connectivity index (χ1) is 8.86. The molecule has 0 aliphatic heterocycles. The molecule has 2 N–H and O–H groups in total. The Morgan fingerprint density at radius 2 is 2.11 bits per heavy atom. The third-order valence-corrected chi connectivity index (χ3v) is 2.71. The molecule has 1 aromatic heterocycles. The minimum atomic E-state index is -0.251. The highest BCUT2D eigenvalue weighted by Gasteiger charge is 2.20. The normalized spacial score (nSPS) is 12.6. The van der Waals surface area contributed by atoms with Gasteiger partial charge < -0.3 is 10.5 Å². The molecule has 1 aromatic carbocycles. The van der Waals surface area contributed by atoms with Crippen molar-refractivity contribution in [2.75, 3.05) is 13.7 Å². The van der Waals surface area contributed by atoms with E-state index in [1.165, 1.54) is 0 Å². The van der Waals surface area contributed by atoms with Crippen LogP contribution in [-0.4, -0.2) is 33.9 Å². The van der Waals surface area contributed by atoms with Crippen LogP contribution in [0.3, 0.4) is 0 Å². The van der Waals surface area contributed by atoms with Gasteiger partial charge in [-0.2, -0.15) is 0 Å². The molecule has 1 heterocycles. The Labute approximate surface area is 106 Å². The fourth-order valence-electron chi connectivity index (χ4n) is 1.82. The molecule has 6 heteroatoms. The minimum Gasteiger partial charge on any atom is -0.369 e. The van der Waals surface area contributed by atoms with Crippen LogP contribution in [0.1, 0.15) is 23.9 Å². The molecule has 1 atom stereocenters. The van der Waals surface area contributed by atoms with Gasteiger partial charge in [-0.05, 0) is 29.0 Å². The molecule has 2 aromatic rings. The molecule has 2 rings (SSSR count). The zero-order valence-corrected chi connectivity index (χ0v) is 10.4. The molecule has 0 saturated carbocycles. The van der Waals surface area contributed by atoms with E-state index < -0.39 is 0 Å². The second-order valence-corrected chi connectivity index (χ2v) is 3.93. The van der Waals surface area contributed by atoms with Crippen LogP contribution in [0.15, 0.2) is 30.3 Å². The molecule has 0 radical (unpaired) electrons. The maximum atomic E-state index is 5.51. The third kappa shape index (κ3) is 2.72. The van der Waals surface area contributed by atoms with Gasteiger partial charge >= 0.3 is 0 Å². The lowest BCUT2D eigenvalue weighted by molar-refractivity contribution is 0.124. The smallest absolute Gasteiger partial charge is 0.184 e. The molecule has 0 aliphatic rings. The number of ether oxygens (including phenoxy) is 1. The highest BCUT2D eigenvalue weighted by atomic mass is 16.5. The van der Waals surface area contributed by atoms with Crippen molar-refractivity contribution in [3.8, 4) is 0 Å². The number of hydrogen-bond acceptors (Lipinski definition) is 5. The van der Waals surface area contributed by atoms with Crippen molar-refractivity contribution in [2.24, 2.45) is 5.73 Å². The van der Waals surface area contributed by atoms with Gasteiger partial charge in [-0.25, -0.2) is 4.68 Å². The van der Waals surface area contributed by atoms with E-state index in [4.69, 9.17) is 10.5 Å². The quantitative estimate of drug-likeness (QED) is 0.815. The summed E-state index contributed by atoms with van der Waals surface area (Å²) < 4.78 is 7.25. The van der Waals surface area contributed by atoms with E-state index in [0.717, 1.165) is 12.0 Å². The van der Waals surface area contributed by atoms with Gasteiger partial charge in [0.25, 0.3) is 0 Å². The van der Waals surface area contributed by atoms with Gasteiger partial charge in [-0.1, -0.05) is 30.3 Å². The first kappa shape index (κ1) is 12.7. The van der Waals surface area contributed by atoms with Gasteiger partial charge in [-0.15, -0.1) is 5.10 Å². The first-order valence-electron chi connectivity index (χ1n) is 5.90. The predicted molar refractivity (Wildman–Crippen MR) is 66.8 cm³/mol. The summed E-state index contributed by atoms with van der Waals surface area (Å²) in [6, 6.07) is 9.89. The van der Waals surface area contributed by atoms with Crippen LogP contribution in [0.25, 0.3) is 0 Å². The van der Waals surface area contributed by atoms with Crippen molar-refractivity contribution in [3.05, 3.63) is 41.7 Å². The van der Waals surface area contributed by atoms with Crippen LogP contribution in [0, 0.1) is 0 Å². The molecule has 0 amide bonds. The molecular weight excluding hydrogens is 230 g/mol. The Morgan fingerprint density at radius 3 is 2.78 bits per heavy atom. The van der Waals surface area contributed by atoms with Gasteiger partial charge in [0, 0.05) is 13.7 Å². The average Bonchev–Trinajstić information content (AvgIpc) is 2.87. The van der Waals surface area contributed by atoms with Gasteiger partial charge in [0.05, 0.1) is 0 Å². The van der Waals surface area contributed by atoms with E-state index in [-0.39, 0.29) is 6.10 Å². The number of nitrogens with two attached hydrogens (primary N) is 1. The molecule has 0 aliphatic carbocycles. The number of aromatic nitrogens is 4. The van der Waals surface area contributed by atoms with E-state index in [9.17, 15) is 0 Å². The SMILES string of the molecule is COC(c1ccccc1)c1nnnn1CCCN. The van der Waals surface area contributed by atoms with E-state index >= 15 is 0 Å². The molecule has 0 spiro atoms. The second kappa shape index (κ2) is 6.23. The van der Waals surface area contributed by atoms with Crippen LogP contribution < -0.4 is 5.73 Å². The van der Waals surface area contributed by atoms with Gasteiger partial charge in [0.15, 0.2) is 5.82 Å². The second-order valence-electron chi connectivity index (χ2n) is 3.93. The number of benzene rings is 1. The zero-order valence-electron chi connectivity index (χ0n) is 10.4.